The van der Waals surface area contributed by atoms with E-state index < -0.39 is 0 Å². The molecular weight excluding hydrogens is 266 g/mol. The van der Waals surface area contributed by atoms with Crippen molar-refractivity contribution in [2.75, 3.05) is 39.3 Å². The van der Waals surface area contributed by atoms with Crippen molar-refractivity contribution in [2.24, 2.45) is 5.92 Å². The molecule has 0 unspecified atom stereocenters. The lowest BCUT2D eigenvalue weighted by Gasteiger charge is -2.31. The van der Waals surface area contributed by atoms with Gasteiger partial charge in [-0.25, -0.2) is 0 Å². The van der Waals surface area contributed by atoms with E-state index in [1.807, 2.05) is 11.8 Å². The first-order valence-corrected chi connectivity index (χ1v) is 8.40. The van der Waals surface area contributed by atoms with E-state index in [-0.39, 0.29) is 17.7 Å². The first-order chi connectivity index (χ1) is 10.1. The van der Waals surface area contributed by atoms with Crippen LogP contribution < -0.4 is 5.32 Å². The van der Waals surface area contributed by atoms with Gasteiger partial charge in [0.15, 0.2) is 0 Å². The molecule has 1 aliphatic heterocycles. The molecule has 1 heterocycles. The van der Waals surface area contributed by atoms with E-state index >= 15 is 0 Å². The van der Waals surface area contributed by atoms with Crippen molar-refractivity contribution in [3.63, 3.8) is 0 Å². The fourth-order valence-corrected chi connectivity index (χ4v) is 2.78. The van der Waals surface area contributed by atoms with Gasteiger partial charge in [-0.3, -0.25) is 9.59 Å². The van der Waals surface area contributed by atoms with E-state index in [0.717, 1.165) is 58.5 Å². The van der Waals surface area contributed by atoms with Crippen molar-refractivity contribution in [1.29, 1.82) is 0 Å². The molecule has 122 valence electrons. The molecule has 0 atom stereocenters. The Balaban J connectivity index is 2.24. The average molecular weight is 297 g/mol. The van der Waals surface area contributed by atoms with Gasteiger partial charge < -0.3 is 15.1 Å². The molecule has 21 heavy (non-hydrogen) atoms. The molecule has 0 radical (unpaired) electrons. The Hall–Kier alpha value is -1.10. The molecule has 0 aromatic carbocycles. The summed E-state index contributed by atoms with van der Waals surface area (Å²) in [6.07, 6.45) is 3.12. The minimum atomic E-state index is 0.0763. The highest BCUT2D eigenvalue weighted by atomic mass is 16.2. The summed E-state index contributed by atoms with van der Waals surface area (Å²) in [6, 6.07) is 0. The molecule has 1 rings (SSSR count). The molecule has 0 aromatic heterocycles. The lowest BCUT2D eigenvalue weighted by molar-refractivity contribution is -0.135. The largest absolute Gasteiger partial charge is 0.355 e. The van der Waals surface area contributed by atoms with Gasteiger partial charge in [0.25, 0.3) is 0 Å². The van der Waals surface area contributed by atoms with Gasteiger partial charge in [0.1, 0.15) is 0 Å². The second-order valence-corrected chi connectivity index (χ2v) is 5.72. The zero-order valence-corrected chi connectivity index (χ0v) is 13.9. The number of nitrogens with one attached hydrogen (secondary N) is 1. The van der Waals surface area contributed by atoms with Gasteiger partial charge in [-0.05, 0) is 32.4 Å². The van der Waals surface area contributed by atoms with Crippen molar-refractivity contribution in [2.45, 2.75) is 46.5 Å². The Morgan fingerprint density at radius 1 is 1.14 bits per heavy atom. The quantitative estimate of drug-likeness (QED) is 0.738. The van der Waals surface area contributed by atoms with Gasteiger partial charge >= 0.3 is 0 Å². The van der Waals surface area contributed by atoms with E-state index in [1.165, 1.54) is 0 Å². The number of hydrogen-bond donors (Lipinski definition) is 1. The van der Waals surface area contributed by atoms with Crippen molar-refractivity contribution < 1.29 is 9.59 Å². The van der Waals surface area contributed by atoms with E-state index in [0.29, 0.717) is 6.42 Å². The number of carbonyl (C=O) groups is 2. The number of rotatable bonds is 8. The summed E-state index contributed by atoms with van der Waals surface area (Å²) < 4.78 is 0. The molecule has 2 amide bonds. The first kappa shape index (κ1) is 18.0. The second-order valence-electron chi connectivity index (χ2n) is 5.72. The number of likely N-dealkylation sites (tertiary alicyclic amines) is 1. The van der Waals surface area contributed by atoms with Gasteiger partial charge in [0.2, 0.25) is 11.8 Å². The summed E-state index contributed by atoms with van der Waals surface area (Å²) >= 11 is 0. The van der Waals surface area contributed by atoms with Gasteiger partial charge in [0, 0.05) is 38.5 Å². The number of amides is 2. The molecule has 1 aliphatic rings. The molecule has 1 N–H and O–H groups in total. The van der Waals surface area contributed by atoms with Crippen LogP contribution in [0.1, 0.15) is 46.5 Å². The minimum absolute atomic E-state index is 0.0763. The topological polar surface area (TPSA) is 52.7 Å². The SMILES string of the molecule is CCCC(=O)N1CCC(C(=O)NCCN(CC)CC)CC1. The molecule has 0 bridgehead atoms. The summed E-state index contributed by atoms with van der Waals surface area (Å²) in [4.78, 5) is 28.1. The van der Waals surface area contributed by atoms with Gasteiger partial charge in [0.05, 0.1) is 0 Å². The van der Waals surface area contributed by atoms with Crippen LogP contribution in [-0.2, 0) is 9.59 Å². The first-order valence-electron chi connectivity index (χ1n) is 8.40. The summed E-state index contributed by atoms with van der Waals surface area (Å²) in [7, 11) is 0. The van der Waals surface area contributed by atoms with Crippen molar-refractivity contribution >= 4 is 11.8 Å². The Morgan fingerprint density at radius 3 is 2.29 bits per heavy atom. The maximum absolute atomic E-state index is 12.1. The molecule has 1 saturated heterocycles. The highest BCUT2D eigenvalue weighted by Crippen LogP contribution is 2.18. The molecule has 0 saturated carbocycles. The predicted octanol–water partition coefficient (Wildman–Crippen LogP) is 1.48. The van der Waals surface area contributed by atoms with Crippen molar-refractivity contribution in [3.05, 3.63) is 0 Å². The summed E-state index contributed by atoms with van der Waals surface area (Å²) in [6.45, 7) is 11.4. The third kappa shape index (κ3) is 6.04. The van der Waals surface area contributed by atoms with Gasteiger partial charge in [-0.1, -0.05) is 20.8 Å². The van der Waals surface area contributed by atoms with E-state index in [9.17, 15) is 9.59 Å². The van der Waals surface area contributed by atoms with E-state index in [2.05, 4.69) is 24.1 Å². The Kier molecular flexibility index (Phi) is 8.35. The molecule has 0 aliphatic carbocycles. The number of hydrogen-bond acceptors (Lipinski definition) is 3. The fraction of sp³-hybridized carbons (Fsp3) is 0.875. The zero-order chi connectivity index (χ0) is 15.7. The average Bonchev–Trinajstić information content (AvgIpc) is 2.52. The minimum Gasteiger partial charge on any atom is -0.355 e. The van der Waals surface area contributed by atoms with Crippen LogP contribution in [0.5, 0.6) is 0 Å². The van der Waals surface area contributed by atoms with Crippen LogP contribution in [0, 0.1) is 5.92 Å². The van der Waals surface area contributed by atoms with Crippen LogP contribution in [-0.4, -0.2) is 60.9 Å². The van der Waals surface area contributed by atoms with Crippen molar-refractivity contribution in [3.8, 4) is 0 Å². The van der Waals surface area contributed by atoms with Crippen LogP contribution in [0.4, 0.5) is 0 Å². The Bertz CT molecular complexity index is 321. The summed E-state index contributed by atoms with van der Waals surface area (Å²) in [5.41, 5.74) is 0. The Morgan fingerprint density at radius 2 is 1.76 bits per heavy atom. The maximum atomic E-state index is 12.1. The standard InChI is InChI=1S/C16H31N3O2/c1-4-7-15(20)19-11-8-14(9-12-19)16(21)17-10-13-18(5-2)6-3/h14H,4-13H2,1-3H3,(H,17,21). The third-order valence-electron chi connectivity index (χ3n) is 4.30. The number of carbonyl (C=O) groups excluding carboxylic acids is 2. The Labute approximate surface area is 129 Å². The van der Waals surface area contributed by atoms with Gasteiger partial charge in [-0.15, -0.1) is 0 Å². The summed E-state index contributed by atoms with van der Waals surface area (Å²) in [5, 5.41) is 3.04. The monoisotopic (exact) mass is 297 g/mol. The van der Waals surface area contributed by atoms with Crippen LogP contribution in [0.25, 0.3) is 0 Å². The van der Waals surface area contributed by atoms with Crippen LogP contribution in [0.15, 0.2) is 0 Å². The zero-order valence-electron chi connectivity index (χ0n) is 13.9. The summed E-state index contributed by atoms with van der Waals surface area (Å²) in [5.74, 6) is 0.468. The molecule has 5 heteroatoms. The van der Waals surface area contributed by atoms with E-state index in [4.69, 9.17) is 0 Å². The smallest absolute Gasteiger partial charge is 0.223 e. The second kappa shape index (κ2) is 9.77. The van der Waals surface area contributed by atoms with Crippen molar-refractivity contribution in [1.82, 2.24) is 15.1 Å². The predicted molar refractivity (Wildman–Crippen MR) is 85.0 cm³/mol. The highest BCUT2D eigenvalue weighted by molar-refractivity contribution is 5.80. The highest BCUT2D eigenvalue weighted by Gasteiger charge is 2.26. The molecule has 0 aromatic rings. The number of likely N-dealkylation sites (N-methyl/N-ethyl adjacent to an activating group) is 1. The molecule has 0 spiro atoms. The third-order valence-corrected chi connectivity index (χ3v) is 4.30. The molecular formula is C16H31N3O2. The normalized spacial score (nSPS) is 16.3. The lowest BCUT2D eigenvalue weighted by atomic mass is 9.95. The molecule has 5 nitrogen and oxygen atoms in total. The fourth-order valence-electron chi connectivity index (χ4n) is 2.78. The van der Waals surface area contributed by atoms with Crippen LogP contribution in [0.3, 0.4) is 0 Å². The molecule has 1 fully saturated rings. The van der Waals surface area contributed by atoms with E-state index in [1.54, 1.807) is 0 Å². The maximum Gasteiger partial charge on any atom is 0.223 e. The number of nitrogens with zero attached hydrogens (tertiary/aromatic N) is 2. The van der Waals surface area contributed by atoms with Crippen LogP contribution >= 0.6 is 0 Å². The van der Waals surface area contributed by atoms with Crippen LogP contribution in [0.2, 0.25) is 0 Å². The lowest BCUT2D eigenvalue weighted by Crippen LogP contribution is -2.44. The number of piperidine rings is 1. The van der Waals surface area contributed by atoms with Gasteiger partial charge in [-0.2, -0.15) is 0 Å².